The zero-order valence-electron chi connectivity index (χ0n) is 14.6. The number of rotatable bonds is 5. The van der Waals surface area contributed by atoms with Gasteiger partial charge in [0.15, 0.2) is 5.69 Å². The normalized spacial score (nSPS) is 11.1. The molecule has 2 aromatic rings. The van der Waals surface area contributed by atoms with E-state index >= 15 is 0 Å². The van der Waals surface area contributed by atoms with Crippen LogP contribution in [0.4, 0.5) is 15.9 Å². The molecule has 0 saturated carbocycles. The van der Waals surface area contributed by atoms with E-state index in [0.29, 0.717) is 23.8 Å². The van der Waals surface area contributed by atoms with Crippen molar-refractivity contribution >= 4 is 29.0 Å². The highest BCUT2D eigenvalue weighted by atomic mass is 35.5. The highest BCUT2D eigenvalue weighted by molar-refractivity contribution is 6.30. The molecule has 0 spiro atoms. The number of nitrogens with one attached hydrogen (secondary N) is 2. The Bertz CT molecular complexity index is 755. The molecule has 0 atom stereocenters. The summed E-state index contributed by atoms with van der Waals surface area (Å²) >= 11 is 5.85. The van der Waals surface area contributed by atoms with E-state index in [2.05, 4.69) is 15.6 Å². The third-order valence-electron chi connectivity index (χ3n) is 3.21. The van der Waals surface area contributed by atoms with Gasteiger partial charge in [-0.05, 0) is 35.7 Å². The van der Waals surface area contributed by atoms with Crippen molar-refractivity contribution in [1.29, 1.82) is 0 Å². The van der Waals surface area contributed by atoms with Gasteiger partial charge >= 0.3 is 0 Å². The number of hydrogen-bond donors (Lipinski definition) is 2. The summed E-state index contributed by atoms with van der Waals surface area (Å²) in [6.45, 7) is 6.55. The molecule has 7 heteroatoms. The Morgan fingerprint density at radius 1 is 1.28 bits per heavy atom. The van der Waals surface area contributed by atoms with Gasteiger partial charge in [-0.3, -0.25) is 4.79 Å². The van der Waals surface area contributed by atoms with Crippen molar-refractivity contribution in [1.82, 2.24) is 10.3 Å². The quantitative estimate of drug-likeness (QED) is 0.824. The highest BCUT2D eigenvalue weighted by Gasteiger charge is 2.18. The first-order chi connectivity index (χ1) is 11.7. The van der Waals surface area contributed by atoms with Crippen molar-refractivity contribution in [2.75, 3.05) is 19.0 Å². The molecule has 1 aromatic carbocycles. The van der Waals surface area contributed by atoms with E-state index in [4.69, 9.17) is 16.3 Å². The Labute approximate surface area is 151 Å². The number of ether oxygens (including phenoxy) is 1. The summed E-state index contributed by atoms with van der Waals surface area (Å²) < 4.78 is 18.6. The van der Waals surface area contributed by atoms with Crippen LogP contribution >= 0.6 is 11.6 Å². The minimum Gasteiger partial charge on any atom is -0.494 e. The number of pyridine rings is 1. The maximum absolute atomic E-state index is 13.4. The first-order valence-electron chi connectivity index (χ1n) is 7.74. The van der Waals surface area contributed by atoms with E-state index in [1.165, 1.54) is 19.2 Å². The number of carbonyl (C=O) groups is 1. The van der Waals surface area contributed by atoms with E-state index in [0.717, 1.165) is 0 Å². The van der Waals surface area contributed by atoms with Crippen molar-refractivity contribution in [3.05, 3.63) is 46.9 Å². The first kappa shape index (κ1) is 19.0. The number of amides is 1. The van der Waals surface area contributed by atoms with E-state index in [1.54, 1.807) is 18.2 Å². The second-order valence-corrected chi connectivity index (χ2v) is 7.21. The van der Waals surface area contributed by atoms with Gasteiger partial charge in [0.1, 0.15) is 17.4 Å². The summed E-state index contributed by atoms with van der Waals surface area (Å²) in [6, 6.07) is 7.33. The number of aromatic nitrogens is 1. The number of methoxy groups -OCH3 is 1. The van der Waals surface area contributed by atoms with Crippen molar-refractivity contribution in [2.45, 2.75) is 20.8 Å². The molecule has 1 amide bonds. The lowest BCUT2D eigenvalue weighted by atomic mass is 9.97. The molecule has 0 bridgehead atoms. The molecule has 134 valence electrons. The van der Waals surface area contributed by atoms with Crippen LogP contribution in [0.2, 0.25) is 5.02 Å². The molecule has 0 unspecified atom stereocenters. The fraction of sp³-hybridized carbons (Fsp3) is 0.333. The average molecular weight is 366 g/mol. The van der Waals surface area contributed by atoms with E-state index in [1.807, 2.05) is 20.8 Å². The van der Waals surface area contributed by atoms with Gasteiger partial charge in [0.2, 0.25) is 0 Å². The molecule has 2 N–H and O–H groups in total. The van der Waals surface area contributed by atoms with Crippen LogP contribution in [0.5, 0.6) is 5.75 Å². The van der Waals surface area contributed by atoms with Crippen LogP contribution in [0.15, 0.2) is 30.3 Å². The topological polar surface area (TPSA) is 63.2 Å². The van der Waals surface area contributed by atoms with Gasteiger partial charge in [0.05, 0.1) is 7.11 Å². The lowest BCUT2D eigenvalue weighted by Crippen LogP contribution is -2.33. The SMILES string of the molecule is COc1ccc(Nc2cc(F)cc(Cl)c2)nc1C(=O)NCC(C)(C)C. The second-order valence-electron chi connectivity index (χ2n) is 6.77. The molecule has 0 aliphatic carbocycles. The number of carbonyl (C=O) groups excluding carboxylic acids is 1. The maximum atomic E-state index is 13.4. The van der Waals surface area contributed by atoms with Crippen LogP contribution in [0.3, 0.4) is 0 Å². The van der Waals surface area contributed by atoms with Crippen molar-refractivity contribution < 1.29 is 13.9 Å². The monoisotopic (exact) mass is 365 g/mol. The molecule has 5 nitrogen and oxygen atoms in total. The highest BCUT2D eigenvalue weighted by Crippen LogP contribution is 2.24. The Morgan fingerprint density at radius 3 is 2.60 bits per heavy atom. The van der Waals surface area contributed by atoms with Crippen molar-refractivity contribution in [3.63, 3.8) is 0 Å². The molecule has 2 rings (SSSR count). The van der Waals surface area contributed by atoms with Gasteiger partial charge in [-0.1, -0.05) is 32.4 Å². The molecule has 1 aromatic heterocycles. The first-order valence-corrected chi connectivity index (χ1v) is 8.12. The second kappa shape index (κ2) is 7.70. The van der Waals surface area contributed by atoms with Crippen molar-refractivity contribution in [3.8, 4) is 5.75 Å². The van der Waals surface area contributed by atoms with Crippen LogP contribution < -0.4 is 15.4 Å². The predicted molar refractivity (Wildman–Crippen MR) is 97.3 cm³/mol. The summed E-state index contributed by atoms with van der Waals surface area (Å²) in [5.41, 5.74) is 0.528. The predicted octanol–water partition coefficient (Wildman–Crippen LogP) is 4.40. The molecule has 0 radical (unpaired) electrons. The third kappa shape index (κ3) is 5.60. The lowest BCUT2D eigenvalue weighted by molar-refractivity contribution is 0.0931. The molecule has 0 aliphatic heterocycles. The Morgan fingerprint density at radius 2 is 2.00 bits per heavy atom. The van der Waals surface area contributed by atoms with Crippen LogP contribution in [0.25, 0.3) is 0 Å². The van der Waals surface area contributed by atoms with Crippen molar-refractivity contribution in [2.24, 2.45) is 5.41 Å². The van der Waals surface area contributed by atoms with Gasteiger partial charge in [0.25, 0.3) is 5.91 Å². The van der Waals surface area contributed by atoms with Gasteiger partial charge in [-0.25, -0.2) is 9.37 Å². The van der Waals surface area contributed by atoms with E-state index in [9.17, 15) is 9.18 Å². The number of hydrogen-bond acceptors (Lipinski definition) is 4. The summed E-state index contributed by atoms with van der Waals surface area (Å²) in [5, 5.41) is 6.03. The third-order valence-corrected chi connectivity index (χ3v) is 3.43. The minimum atomic E-state index is -0.466. The standard InChI is InChI=1S/C18H21ClFN3O2/c1-18(2,3)10-21-17(24)16-14(25-4)5-6-15(23-16)22-13-8-11(19)7-12(20)9-13/h5-9H,10H2,1-4H3,(H,21,24)(H,22,23). The summed E-state index contributed by atoms with van der Waals surface area (Å²) in [5.74, 6) is -0.0723. The van der Waals surface area contributed by atoms with Crippen LogP contribution in [0, 0.1) is 11.2 Å². The number of nitrogens with zero attached hydrogens (tertiary/aromatic N) is 1. The van der Waals surface area contributed by atoms with Crippen LogP contribution in [-0.4, -0.2) is 24.5 Å². The fourth-order valence-electron chi connectivity index (χ4n) is 2.05. The molecule has 1 heterocycles. The summed E-state index contributed by atoms with van der Waals surface area (Å²) in [4.78, 5) is 16.7. The average Bonchev–Trinajstić information content (AvgIpc) is 2.51. The smallest absolute Gasteiger partial charge is 0.273 e. The van der Waals surface area contributed by atoms with Gasteiger partial charge in [0, 0.05) is 17.3 Å². The zero-order chi connectivity index (χ0) is 18.6. The lowest BCUT2D eigenvalue weighted by Gasteiger charge is -2.19. The minimum absolute atomic E-state index is 0.0585. The summed E-state index contributed by atoms with van der Waals surface area (Å²) in [6.07, 6.45) is 0. The fourth-order valence-corrected chi connectivity index (χ4v) is 2.27. The Hall–Kier alpha value is -2.34. The molecule has 0 saturated heterocycles. The van der Waals surface area contributed by atoms with Gasteiger partial charge < -0.3 is 15.4 Å². The van der Waals surface area contributed by atoms with Crippen LogP contribution in [-0.2, 0) is 0 Å². The molecular weight excluding hydrogens is 345 g/mol. The van der Waals surface area contributed by atoms with Gasteiger partial charge in [-0.15, -0.1) is 0 Å². The Balaban J connectivity index is 2.25. The molecule has 25 heavy (non-hydrogen) atoms. The Kier molecular flexibility index (Phi) is 5.85. The van der Waals surface area contributed by atoms with E-state index < -0.39 is 5.82 Å². The molecule has 0 fully saturated rings. The van der Waals surface area contributed by atoms with Gasteiger partial charge in [-0.2, -0.15) is 0 Å². The van der Waals surface area contributed by atoms with E-state index in [-0.39, 0.29) is 22.0 Å². The van der Waals surface area contributed by atoms with Crippen LogP contribution in [0.1, 0.15) is 31.3 Å². The zero-order valence-corrected chi connectivity index (χ0v) is 15.4. The molecular formula is C18H21ClFN3O2. The maximum Gasteiger partial charge on any atom is 0.273 e. The number of benzene rings is 1. The number of anilines is 2. The number of halogens is 2. The molecule has 0 aliphatic rings. The summed E-state index contributed by atoms with van der Waals surface area (Å²) in [7, 11) is 1.47. The largest absolute Gasteiger partial charge is 0.494 e.